The Hall–Kier alpha value is -2.90. The minimum Gasteiger partial charge on any atom is -0.490 e. The van der Waals surface area contributed by atoms with Crippen LogP contribution in [0.4, 0.5) is 0 Å². The van der Waals surface area contributed by atoms with Crippen molar-refractivity contribution in [3.63, 3.8) is 0 Å². The molecule has 1 fully saturated rings. The van der Waals surface area contributed by atoms with E-state index in [1.165, 1.54) is 12.2 Å². The van der Waals surface area contributed by atoms with Gasteiger partial charge in [0.15, 0.2) is 0 Å². The topological polar surface area (TPSA) is 59.8 Å². The maximum Gasteiger partial charge on any atom is 0.250 e. The minimum atomic E-state index is -0.0988. The molecule has 0 aliphatic carbocycles. The SMILES string of the molecule is CON(C)C(=O)Cc1ccc2ncn(-c3ccc(OC4CCN(C)CC4)cc3)c2c1. The summed E-state index contributed by atoms with van der Waals surface area (Å²) in [7, 11) is 5.24. The zero-order chi connectivity index (χ0) is 21.1. The molecule has 0 saturated carbocycles. The van der Waals surface area contributed by atoms with Crippen LogP contribution in [0.15, 0.2) is 48.8 Å². The van der Waals surface area contributed by atoms with Crippen LogP contribution in [0.1, 0.15) is 18.4 Å². The molecule has 1 saturated heterocycles. The number of likely N-dealkylation sites (tertiary alicyclic amines) is 1. The van der Waals surface area contributed by atoms with Crippen LogP contribution in [0.25, 0.3) is 16.7 Å². The molecule has 7 heteroatoms. The Labute approximate surface area is 176 Å². The van der Waals surface area contributed by atoms with Gasteiger partial charge >= 0.3 is 0 Å². The van der Waals surface area contributed by atoms with Gasteiger partial charge < -0.3 is 9.64 Å². The number of rotatable bonds is 6. The number of likely N-dealkylation sites (N-methyl/N-ethyl adjacent to an activating group) is 1. The van der Waals surface area contributed by atoms with E-state index in [1.807, 2.05) is 53.4 Å². The van der Waals surface area contributed by atoms with Crippen LogP contribution in [0.2, 0.25) is 0 Å². The molecule has 0 atom stereocenters. The smallest absolute Gasteiger partial charge is 0.250 e. The number of fused-ring (bicyclic) bond motifs is 1. The number of ether oxygens (including phenoxy) is 1. The minimum absolute atomic E-state index is 0.0988. The van der Waals surface area contributed by atoms with Gasteiger partial charge in [0.25, 0.3) is 0 Å². The number of benzene rings is 2. The number of imidazole rings is 1. The fourth-order valence-electron chi connectivity index (χ4n) is 3.74. The summed E-state index contributed by atoms with van der Waals surface area (Å²) in [6.45, 7) is 2.16. The lowest BCUT2D eigenvalue weighted by Crippen LogP contribution is -2.35. The molecule has 4 rings (SSSR count). The van der Waals surface area contributed by atoms with Crippen molar-refractivity contribution in [3.05, 3.63) is 54.4 Å². The van der Waals surface area contributed by atoms with E-state index in [1.54, 1.807) is 7.05 Å². The number of hydrogen-bond donors (Lipinski definition) is 0. The molecule has 3 aromatic rings. The normalized spacial score (nSPS) is 15.4. The van der Waals surface area contributed by atoms with E-state index < -0.39 is 0 Å². The molecule has 2 aromatic carbocycles. The molecule has 0 N–H and O–H groups in total. The van der Waals surface area contributed by atoms with Crippen molar-refractivity contribution in [2.24, 2.45) is 0 Å². The van der Waals surface area contributed by atoms with Crippen LogP contribution in [-0.2, 0) is 16.1 Å². The second-order valence-corrected chi connectivity index (χ2v) is 7.80. The van der Waals surface area contributed by atoms with E-state index in [4.69, 9.17) is 9.57 Å². The van der Waals surface area contributed by atoms with Gasteiger partial charge in [-0.3, -0.25) is 14.2 Å². The first kappa shape index (κ1) is 20.4. The van der Waals surface area contributed by atoms with Crippen molar-refractivity contribution >= 4 is 16.9 Å². The van der Waals surface area contributed by atoms with Gasteiger partial charge in [0, 0.05) is 25.8 Å². The standard InChI is InChI=1S/C23H28N4O3/c1-25-12-10-20(11-13-25)30-19-7-5-18(6-8-19)27-16-24-21-9-4-17(14-22(21)27)15-23(28)26(2)29-3/h4-9,14,16,20H,10-13,15H2,1-3H3. The summed E-state index contributed by atoms with van der Waals surface area (Å²) in [6, 6.07) is 14.0. The molecular weight excluding hydrogens is 380 g/mol. The summed E-state index contributed by atoms with van der Waals surface area (Å²) >= 11 is 0. The third-order valence-electron chi connectivity index (χ3n) is 5.68. The Morgan fingerprint density at radius 1 is 1.17 bits per heavy atom. The highest BCUT2D eigenvalue weighted by Gasteiger charge is 2.18. The number of carbonyl (C=O) groups is 1. The summed E-state index contributed by atoms with van der Waals surface area (Å²) in [5.74, 6) is 0.796. The summed E-state index contributed by atoms with van der Waals surface area (Å²) in [5.41, 5.74) is 3.77. The fourth-order valence-corrected chi connectivity index (χ4v) is 3.74. The van der Waals surface area contributed by atoms with E-state index in [0.29, 0.717) is 0 Å². The predicted octanol–water partition coefficient (Wildman–Crippen LogP) is 3.06. The lowest BCUT2D eigenvalue weighted by atomic mass is 10.1. The summed E-state index contributed by atoms with van der Waals surface area (Å²) in [5, 5.41) is 1.24. The zero-order valence-electron chi connectivity index (χ0n) is 17.7. The van der Waals surface area contributed by atoms with Crippen molar-refractivity contribution in [3.8, 4) is 11.4 Å². The Morgan fingerprint density at radius 2 is 1.90 bits per heavy atom. The molecular formula is C23H28N4O3. The molecule has 0 radical (unpaired) electrons. The monoisotopic (exact) mass is 408 g/mol. The lowest BCUT2D eigenvalue weighted by Gasteiger charge is -2.29. The number of hydrogen-bond acceptors (Lipinski definition) is 5. The molecule has 1 aromatic heterocycles. The Balaban J connectivity index is 1.51. The van der Waals surface area contributed by atoms with Crippen LogP contribution in [0.3, 0.4) is 0 Å². The molecule has 7 nitrogen and oxygen atoms in total. The first-order valence-corrected chi connectivity index (χ1v) is 10.3. The summed E-state index contributed by atoms with van der Waals surface area (Å²) in [6.07, 6.45) is 4.49. The predicted molar refractivity (Wildman–Crippen MR) is 116 cm³/mol. The number of carbonyl (C=O) groups excluding carboxylic acids is 1. The van der Waals surface area contributed by atoms with Crippen LogP contribution in [0, 0.1) is 0 Å². The highest BCUT2D eigenvalue weighted by atomic mass is 16.7. The second-order valence-electron chi connectivity index (χ2n) is 7.80. The number of aromatic nitrogens is 2. The van der Waals surface area contributed by atoms with E-state index in [9.17, 15) is 4.79 Å². The third kappa shape index (κ3) is 4.47. The first-order chi connectivity index (χ1) is 14.5. The lowest BCUT2D eigenvalue weighted by molar-refractivity contribution is -0.167. The average molecular weight is 409 g/mol. The molecule has 0 unspecified atom stereocenters. The maximum atomic E-state index is 12.2. The van der Waals surface area contributed by atoms with Gasteiger partial charge in [-0.05, 0) is 61.9 Å². The van der Waals surface area contributed by atoms with Crippen molar-refractivity contribution in [1.82, 2.24) is 19.5 Å². The Kier molecular flexibility index (Phi) is 6.01. The Bertz CT molecular complexity index is 1010. The molecule has 1 amide bonds. The molecule has 1 aliphatic rings. The highest BCUT2D eigenvalue weighted by molar-refractivity contribution is 5.82. The molecule has 1 aliphatic heterocycles. The molecule has 0 spiro atoms. The van der Waals surface area contributed by atoms with Gasteiger partial charge in [0.05, 0.1) is 24.6 Å². The highest BCUT2D eigenvalue weighted by Crippen LogP contribution is 2.24. The van der Waals surface area contributed by atoms with Crippen molar-refractivity contribution < 1.29 is 14.4 Å². The average Bonchev–Trinajstić information content (AvgIpc) is 3.18. The van der Waals surface area contributed by atoms with E-state index in [-0.39, 0.29) is 18.4 Å². The van der Waals surface area contributed by atoms with Crippen LogP contribution < -0.4 is 4.74 Å². The van der Waals surface area contributed by atoms with Crippen molar-refractivity contribution in [1.29, 1.82) is 0 Å². The first-order valence-electron chi connectivity index (χ1n) is 10.3. The van der Waals surface area contributed by atoms with Crippen LogP contribution in [-0.4, -0.2) is 65.8 Å². The molecule has 30 heavy (non-hydrogen) atoms. The van der Waals surface area contributed by atoms with Gasteiger partial charge in [0.1, 0.15) is 18.2 Å². The van der Waals surface area contributed by atoms with Gasteiger partial charge in [-0.2, -0.15) is 0 Å². The zero-order valence-corrected chi connectivity index (χ0v) is 17.7. The maximum absolute atomic E-state index is 12.2. The number of piperidine rings is 1. The molecule has 158 valence electrons. The van der Waals surface area contributed by atoms with Crippen molar-refractivity contribution in [2.75, 3.05) is 34.3 Å². The van der Waals surface area contributed by atoms with E-state index in [0.717, 1.165) is 54.0 Å². The number of nitrogens with zero attached hydrogens (tertiary/aromatic N) is 4. The van der Waals surface area contributed by atoms with Gasteiger partial charge in [-0.15, -0.1) is 0 Å². The number of amides is 1. The van der Waals surface area contributed by atoms with Crippen molar-refractivity contribution in [2.45, 2.75) is 25.4 Å². The van der Waals surface area contributed by atoms with Gasteiger partial charge in [0.2, 0.25) is 5.91 Å². The molecule has 0 bridgehead atoms. The summed E-state index contributed by atoms with van der Waals surface area (Å²) in [4.78, 5) is 24.0. The van der Waals surface area contributed by atoms with Gasteiger partial charge in [-0.25, -0.2) is 10.0 Å². The fraction of sp³-hybridized carbons (Fsp3) is 0.391. The van der Waals surface area contributed by atoms with E-state index >= 15 is 0 Å². The molecule has 2 heterocycles. The van der Waals surface area contributed by atoms with Crippen LogP contribution in [0.5, 0.6) is 5.75 Å². The van der Waals surface area contributed by atoms with E-state index in [2.05, 4.69) is 16.9 Å². The summed E-state index contributed by atoms with van der Waals surface area (Å²) < 4.78 is 8.18. The quantitative estimate of drug-likeness (QED) is 0.587. The van der Waals surface area contributed by atoms with Crippen LogP contribution >= 0.6 is 0 Å². The van der Waals surface area contributed by atoms with Gasteiger partial charge in [-0.1, -0.05) is 6.07 Å². The number of hydroxylamine groups is 2. The second kappa shape index (κ2) is 8.85. The largest absolute Gasteiger partial charge is 0.490 e. The Morgan fingerprint density at radius 3 is 2.60 bits per heavy atom. The third-order valence-corrected chi connectivity index (χ3v) is 5.68.